The molecule has 1 aromatic carbocycles. The molecule has 0 bridgehead atoms. The minimum atomic E-state index is 0.715. The average Bonchev–Trinajstić information content (AvgIpc) is 2.67. The van der Waals surface area contributed by atoms with E-state index in [1.807, 2.05) is 30.5 Å². The van der Waals surface area contributed by atoms with Gasteiger partial charge in [0.05, 0.1) is 5.52 Å². The molecule has 0 aliphatic heterocycles. The molecule has 0 aliphatic rings. The van der Waals surface area contributed by atoms with Crippen molar-refractivity contribution in [1.29, 1.82) is 0 Å². The fraction of sp³-hybridized carbons (Fsp3) is 0.0714. The maximum atomic E-state index is 6.03. The average molecular weight is 322 g/mol. The number of imidazole rings is 1. The molecule has 3 aromatic rings. The molecule has 0 radical (unpaired) electrons. The molecule has 0 N–H and O–H groups in total. The summed E-state index contributed by atoms with van der Waals surface area (Å²) in [5.74, 6) is 0.888. The highest BCUT2D eigenvalue weighted by atomic mass is 79.9. The van der Waals surface area contributed by atoms with E-state index in [0.717, 1.165) is 21.5 Å². The summed E-state index contributed by atoms with van der Waals surface area (Å²) in [5, 5.41) is 0.715. The summed E-state index contributed by atoms with van der Waals surface area (Å²) >= 11 is 9.53. The van der Waals surface area contributed by atoms with Gasteiger partial charge in [-0.25, -0.2) is 4.98 Å². The number of hydrogen-bond donors (Lipinski definition) is 0. The summed E-state index contributed by atoms with van der Waals surface area (Å²) in [4.78, 5) is 4.56. The van der Waals surface area contributed by atoms with Crippen molar-refractivity contribution in [2.45, 2.75) is 6.92 Å². The van der Waals surface area contributed by atoms with Gasteiger partial charge in [-0.3, -0.25) is 4.40 Å². The summed E-state index contributed by atoms with van der Waals surface area (Å²) in [6, 6.07) is 11.9. The number of aryl methyl sites for hydroxylation is 1. The summed E-state index contributed by atoms with van der Waals surface area (Å²) in [6.45, 7) is 2.07. The van der Waals surface area contributed by atoms with Crippen LogP contribution in [0.4, 0.5) is 0 Å². The van der Waals surface area contributed by atoms with Gasteiger partial charge in [0, 0.05) is 16.8 Å². The Balaban J connectivity index is 2.30. The first-order chi connectivity index (χ1) is 8.65. The van der Waals surface area contributed by atoms with Crippen LogP contribution in [0.5, 0.6) is 0 Å². The van der Waals surface area contributed by atoms with Gasteiger partial charge in [-0.1, -0.05) is 23.7 Å². The Morgan fingerprint density at radius 1 is 1.22 bits per heavy atom. The lowest BCUT2D eigenvalue weighted by molar-refractivity contribution is 1.15. The maximum absolute atomic E-state index is 6.03. The predicted octanol–water partition coefficient (Wildman–Crippen LogP) is 4.73. The second-order valence-corrected chi connectivity index (χ2v) is 5.38. The number of aromatic nitrogens is 2. The van der Waals surface area contributed by atoms with Crippen molar-refractivity contribution in [2.24, 2.45) is 0 Å². The van der Waals surface area contributed by atoms with Crippen LogP contribution >= 0.6 is 27.5 Å². The zero-order valence-corrected chi connectivity index (χ0v) is 12.0. The fourth-order valence-corrected chi connectivity index (χ4v) is 2.65. The molecule has 18 heavy (non-hydrogen) atoms. The van der Waals surface area contributed by atoms with Crippen molar-refractivity contribution < 1.29 is 0 Å². The number of rotatable bonds is 1. The van der Waals surface area contributed by atoms with E-state index in [4.69, 9.17) is 11.6 Å². The highest BCUT2D eigenvalue weighted by Gasteiger charge is 2.11. The van der Waals surface area contributed by atoms with Crippen molar-refractivity contribution in [3.63, 3.8) is 0 Å². The third-order valence-electron chi connectivity index (χ3n) is 2.84. The van der Waals surface area contributed by atoms with E-state index in [2.05, 4.69) is 44.4 Å². The Hall–Kier alpha value is -1.32. The van der Waals surface area contributed by atoms with Gasteiger partial charge in [-0.15, -0.1) is 0 Å². The van der Waals surface area contributed by atoms with Gasteiger partial charge in [0.1, 0.15) is 10.4 Å². The number of pyridine rings is 1. The van der Waals surface area contributed by atoms with Crippen molar-refractivity contribution >= 4 is 33.0 Å². The summed E-state index contributed by atoms with van der Waals surface area (Å²) in [5.41, 5.74) is 3.28. The number of nitrogens with zero attached hydrogens (tertiary/aromatic N) is 2. The molecule has 4 heteroatoms. The molecule has 0 fully saturated rings. The lowest BCUT2D eigenvalue weighted by atomic mass is 10.2. The Morgan fingerprint density at radius 2 is 2.06 bits per heavy atom. The van der Waals surface area contributed by atoms with Crippen LogP contribution in [0.2, 0.25) is 5.02 Å². The third-order valence-corrected chi connectivity index (χ3v) is 3.66. The minimum Gasteiger partial charge on any atom is -0.299 e. The third kappa shape index (κ3) is 1.93. The van der Waals surface area contributed by atoms with Crippen LogP contribution in [0.15, 0.2) is 47.2 Å². The quantitative estimate of drug-likeness (QED) is 0.633. The lowest BCUT2D eigenvalue weighted by Gasteiger charge is -2.02. The van der Waals surface area contributed by atoms with Crippen LogP contribution in [0.3, 0.4) is 0 Å². The van der Waals surface area contributed by atoms with E-state index < -0.39 is 0 Å². The molecule has 90 valence electrons. The number of hydrogen-bond acceptors (Lipinski definition) is 1. The van der Waals surface area contributed by atoms with Gasteiger partial charge < -0.3 is 0 Å². The topological polar surface area (TPSA) is 17.3 Å². The second kappa shape index (κ2) is 4.41. The highest BCUT2D eigenvalue weighted by Crippen LogP contribution is 2.27. The number of halogens is 2. The van der Waals surface area contributed by atoms with Gasteiger partial charge in [-0.2, -0.15) is 0 Å². The number of benzene rings is 1. The summed E-state index contributed by atoms with van der Waals surface area (Å²) in [7, 11) is 0. The molecule has 2 nitrogen and oxygen atoms in total. The molecule has 0 atom stereocenters. The van der Waals surface area contributed by atoms with Crippen LogP contribution in [0.1, 0.15) is 5.56 Å². The van der Waals surface area contributed by atoms with Crippen molar-refractivity contribution in [3.8, 4) is 11.4 Å². The summed E-state index contributed by atoms with van der Waals surface area (Å²) < 4.78 is 2.91. The second-order valence-electron chi connectivity index (χ2n) is 4.20. The number of fused-ring (bicyclic) bond motifs is 1. The van der Waals surface area contributed by atoms with Crippen molar-refractivity contribution in [1.82, 2.24) is 9.38 Å². The molecule has 0 unspecified atom stereocenters. The first kappa shape index (κ1) is 11.8. The molecule has 0 spiro atoms. The Labute approximate surface area is 118 Å². The van der Waals surface area contributed by atoms with Gasteiger partial charge in [-0.05, 0) is 52.7 Å². The molecule has 2 aromatic heterocycles. The van der Waals surface area contributed by atoms with Crippen molar-refractivity contribution in [2.75, 3.05) is 0 Å². The zero-order valence-electron chi connectivity index (χ0n) is 9.69. The van der Waals surface area contributed by atoms with E-state index >= 15 is 0 Å². The molecule has 0 aliphatic carbocycles. The van der Waals surface area contributed by atoms with Gasteiger partial charge >= 0.3 is 0 Å². The van der Waals surface area contributed by atoms with Crippen LogP contribution in [0.25, 0.3) is 16.9 Å². The Morgan fingerprint density at radius 3 is 2.83 bits per heavy atom. The zero-order chi connectivity index (χ0) is 12.7. The molecule has 2 heterocycles. The van der Waals surface area contributed by atoms with E-state index in [0.29, 0.717) is 5.02 Å². The maximum Gasteiger partial charge on any atom is 0.145 e. The Bertz CT molecular complexity index is 734. The molecule has 0 saturated carbocycles. The van der Waals surface area contributed by atoms with Crippen LogP contribution < -0.4 is 0 Å². The SMILES string of the molecule is Cc1ccn2c(-c3cccc(Cl)c3)nc(Br)c2c1. The monoisotopic (exact) mass is 320 g/mol. The van der Waals surface area contributed by atoms with Crippen LogP contribution in [0, 0.1) is 6.92 Å². The van der Waals surface area contributed by atoms with Gasteiger partial charge in [0.2, 0.25) is 0 Å². The first-order valence-corrected chi connectivity index (χ1v) is 6.72. The molecule has 0 saturated heterocycles. The minimum absolute atomic E-state index is 0.715. The van der Waals surface area contributed by atoms with E-state index in [1.165, 1.54) is 5.56 Å². The van der Waals surface area contributed by atoms with Crippen LogP contribution in [-0.4, -0.2) is 9.38 Å². The van der Waals surface area contributed by atoms with E-state index in [-0.39, 0.29) is 0 Å². The largest absolute Gasteiger partial charge is 0.299 e. The summed E-state index contributed by atoms with van der Waals surface area (Å²) in [6.07, 6.45) is 2.03. The molecule has 0 amide bonds. The smallest absolute Gasteiger partial charge is 0.145 e. The van der Waals surface area contributed by atoms with Gasteiger partial charge in [0.15, 0.2) is 0 Å². The molecular weight excluding hydrogens is 312 g/mol. The first-order valence-electron chi connectivity index (χ1n) is 5.55. The highest BCUT2D eigenvalue weighted by molar-refractivity contribution is 9.10. The molecule has 3 rings (SSSR count). The van der Waals surface area contributed by atoms with Crippen molar-refractivity contribution in [3.05, 3.63) is 57.8 Å². The standard InChI is InChI=1S/C14H10BrClN2/c1-9-5-6-18-12(7-9)13(15)17-14(18)10-3-2-4-11(16)8-10/h2-8H,1H3. The van der Waals surface area contributed by atoms with E-state index in [1.54, 1.807) is 0 Å². The van der Waals surface area contributed by atoms with Crippen LogP contribution in [-0.2, 0) is 0 Å². The fourth-order valence-electron chi connectivity index (χ4n) is 1.98. The lowest BCUT2D eigenvalue weighted by Crippen LogP contribution is -1.89. The normalized spacial score (nSPS) is 11.1. The van der Waals surface area contributed by atoms with E-state index in [9.17, 15) is 0 Å². The molecular formula is C14H10BrClN2. The van der Waals surface area contributed by atoms with Gasteiger partial charge in [0.25, 0.3) is 0 Å². The Kier molecular flexibility index (Phi) is 2.88. The predicted molar refractivity (Wildman–Crippen MR) is 78.1 cm³/mol.